The molecule has 4 rings (SSSR count). The molecule has 1 aromatic carbocycles. The lowest BCUT2D eigenvalue weighted by Gasteiger charge is -2.34. The minimum absolute atomic E-state index is 0.0754. The summed E-state index contributed by atoms with van der Waals surface area (Å²) >= 11 is 5.88. The van der Waals surface area contributed by atoms with Crippen LogP contribution in [0.25, 0.3) is 11.3 Å². The number of halogens is 3. The van der Waals surface area contributed by atoms with Crippen molar-refractivity contribution in [1.82, 2.24) is 29.5 Å². The van der Waals surface area contributed by atoms with Crippen molar-refractivity contribution in [3.05, 3.63) is 83.8 Å². The van der Waals surface area contributed by atoms with Crippen molar-refractivity contribution in [3.8, 4) is 11.3 Å². The Bertz CT molecular complexity index is 1150. The predicted molar refractivity (Wildman–Crippen MR) is 105 cm³/mol. The zero-order valence-corrected chi connectivity index (χ0v) is 16.6. The molecule has 30 heavy (non-hydrogen) atoms. The van der Waals surface area contributed by atoms with Crippen LogP contribution in [0.2, 0.25) is 5.02 Å². The van der Waals surface area contributed by atoms with Crippen molar-refractivity contribution in [1.29, 1.82) is 0 Å². The number of pyridine rings is 1. The van der Waals surface area contributed by atoms with Gasteiger partial charge in [-0.15, -0.1) is 0 Å². The first-order chi connectivity index (χ1) is 14.4. The van der Waals surface area contributed by atoms with Crippen LogP contribution in [0.3, 0.4) is 0 Å². The highest BCUT2D eigenvalue weighted by molar-refractivity contribution is 6.30. The highest BCUT2D eigenvalue weighted by Crippen LogP contribution is 2.37. The minimum Gasteiger partial charge on any atom is -0.381 e. The Hall–Kier alpha value is -3.17. The largest absolute Gasteiger partial charge is 0.381 e. The Kier molecular flexibility index (Phi) is 5.31. The summed E-state index contributed by atoms with van der Waals surface area (Å²) in [5.74, 6) is -1.60. The second-order valence-electron chi connectivity index (χ2n) is 6.89. The third kappa shape index (κ3) is 3.81. The number of hydrogen-bond donors (Lipinski definition) is 1. The molecule has 0 amide bonds. The average molecular weight is 431 g/mol. The van der Waals surface area contributed by atoms with Gasteiger partial charge in [-0.25, -0.2) is 18.4 Å². The van der Waals surface area contributed by atoms with E-state index in [0.717, 1.165) is 12.1 Å². The second-order valence-corrected chi connectivity index (χ2v) is 7.32. The summed E-state index contributed by atoms with van der Waals surface area (Å²) in [6, 6.07) is 5.77. The standard InChI is InChI=1S/C20H17ClF2N6O/c1-13(29-9-14(7-26-29)19-5-2-15(21)8-25-19)20(30,10-28-12-24-11-27-28)17-4-3-16(22)6-18(17)23/h2-9,11-13,30H,10H2,1H3/t13-,20-/m1/s1. The van der Waals surface area contributed by atoms with Crippen molar-refractivity contribution < 1.29 is 13.9 Å². The fourth-order valence-electron chi connectivity index (χ4n) is 3.29. The molecule has 3 heterocycles. The van der Waals surface area contributed by atoms with Crippen molar-refractivity contribution in [2.45, 2.75) is 25.1 Å². The maximum atomic E-state index is 14.7. The fraction of sp³-hybridized carbons (Fsp3) is 0.200. The first-order valence-electron chi connectivity index (χ1n) is 9.03. The number of aromatic nitrogens is 6. The number of hydrogen-bond acceptors (Lipinski definition) is 5. The lowest BCUT2D eigenvalue weighted by Crippen LogP contribution is -2.40. The topological polar surface area (TPSA) is 81.6 Å². The summed E-state index contributed by atoms with van der Waals surface area (Å²) in [7, 11) is 0. The van der Waals surface area contributed by atoms with Crippen LogP contribution in [0.4, 0.5) is 8.78 Å². The van der Waals surface area contributed by atoms with Gasteiger partial charge in [0.1, 0.15) is 29.9 Å². The zero-order valence-electron chi connectivity index (χ0n) is 15.8. The van der Waals surface area contributed by atoms with Crippen molar-refractivity contribution in [2.75, 3.05) is 0 Å². The molecule has 0 aliphatic heterocycles. The molecular weight excluding hydrogens is 414 g/mol. The Balaban J connectivity index is 1.74. The molecule has 0 spiro atoms. The Labute approximate surface area is 175 Å². The molecule has 0 fully saturated rings. The SMILES string of the molecule is C[C@@H](n1cc(-c2ccc(Cl)cn2)cn1)[C@](O)(Cn1cncn1)c1ccc(F)cc1F. The van der Waals surface area contributed by atoms with Gasteiger partial charge >= 0.3 is 0 Å². The molecule has 4 aromatic rings. The highest BCUT2D eigenvalue weighted by atomic mass is 35.5. The van der Waals surface area contributed by atoms with Crippen molar-refractivity contribution in [3.63, 3.8) is 0 Å². The van der Waals surface area contributed by atoms with Gasteiger partial charge < -0.3 is 5.11 Å². The smallest absolute Gasteiger partial charge is 0.137 e. The highest BCUT2D eigenvalue weighted by Gasteiger charge is 2.40. The zero-order chi connectivity index (χ0) is 21.3. The number of rotatable bonds is 6. The first-order valence-corrected chi connectivity index (χ1v) is 9.41. The third-order valence-electron chi connectivity index (χ3n) is 4.98. The van der Waals surface area contributed by atoms with E-state index in [1.807, 2.05) is 0 Å². The molecule has 0 saturated carbocycles. The van der Waals surface area contributed by atoms with Gasteiger partial charge in [-0.3, -0.25) is 9.67 Å². The van der Waals surface area contributed by atoms with Crippen LogP contribution >= 0.6 is 11.6 Å². The molecule has 3 aromatic heterocycles. The summed E-state index contributed by atoms with van der Waals surface area (Å²) < 4.78 is 31.0. The molecule has 1 N–H and O–H groups in total. The lowest BCUT2D eigenvalue weighted by molar-refractivity contribution is -0.0368. The van der Waals surface area contributed by atoms with Crippen molar-refractivity contribution >= 4 is 11.6 Å². The average Bonchev–Trinajstić information content (AvgIpc) is 3.40. The molecule has 7 nitrogen and oxygen atoms in total. The van der Waals surface area contributed by atoms with E-state index in [-0.39, 0.29) is 12.1 Å². The van der Waals surface area contributed by atoms with Crippen LogP contribution in [0.1, 0.15) is 18.5 Å². The van der Waals surface area contributed by atoms with Gasteiger partial charge in [0.2, 0.25) is 0 Å². The van der Waals surface area contributed by atoms with E-state index in [1.54, 1.807) is 31.5 Å². The van der Waals surface area contributed by atoms with Gasteiger partial charge in [0, 0.05) is 29.6 Å². The van der Waals surface area contributed by atoms with Crippen LogP contribution in [0.5, 0.6) is 0 Å². The second kappa shape index (κ2) is 7.92. The molecule has 2 atom stereocenters. The quantitative estimate of drug-likeness (QED) is 0.505. The van der Waals surface area contributed by atoms with Gasteiger partial charge in [-0.2, -0.15) is 10.2 Å². The maximum absolute atomic E-state index is 14.7. The first kappa shape index (κ1) is 20.1. The van der Waals surface area contributed by atoms with Gasteiger partial charge in [0.05, 0.1) is 29.5 Å². The van der Waals surface area contributed by atoms with E-state index in [1.165, 1.54) is 34.3 Å². The molecule has 0 saturated heterocycles. The monoisotopic (exact) mass is 430 g/mol. The third-order valence-corrected chi connectivity index (χ3v) is 5.20. The van der Waals surface area contributed by atoms with E-state index < -0.39 is 23.3 Å². The molecule has 0 aliphatic carbocycles. The van der Waals surface area contributed by atoms with Crippen LogP contribution in [-0.4, -0.2) is 34.6 Å². The Morgan fingerprint density at radius 3 is 2.67 bits per heavy atom. The molecule has 10 heteroatoms. The normalized spacial score (nSPS) is 14.4. The van der Waals surface area contributed by atoms with E-state index >= 15 is 0 Å². The van der Waals surface area contributed by atoms with E-state index in [9.17, 15) is 13.9 Å². The molecule has 154 valence electrons. The van der Waals surface area contributed by atoms with E-state index in [2.05, 4.69) is 20.2 Å². The Morgan fingerprint density at radius 1 is 1.17 bits per heavy atom. The Morgan fingerprint density at radius 2 is 2.00 bits per heavy atom. The number of aliphatic hydroxyl groups is 1. The molecule has 0 bridgehead atoms. The summed E-state index contributed by atoms with van der Waals surface area (Å²) in [5.41, 5.74) is -0.539. The van der Waals surface area contributed by atoms with Gasteiger partial charge in [0.15, 0.2) is 0 Å². The summed E-state index contributed by atoms with van der Waals surface area (Å²) in [4.78, 5) is 8.12. The fourth-order valence-corrected chi connectivity index (χ4v) is 3.40. The van der Waals surface area contributed by atoms with Gasteiger partial charge in [-0.1, -0.05) is 17.7 Å². The molecule has 0 unspecified atom stereocenters. The maximum Gasteiger partial charge on any atom is 0.137 e. The summed E-state index contributed by atoms with van der Waals surface area (Å²) in [5, 5.41) is 20.5. The van der Waals surface area contributed by atoms with Crippen LogP contribution in [0, 0.1) is 11.6 Å². The van der Waals surface area contributed by atoms with Crippen molar-refractivity contribution in [2.24, 2.45) is 0 Å². The summed E-state index contributed by atoms with van der Waals surface area (Å²) in [6.45, 7) is 1.57. The van der Waals surface area contributed by atoms with Gasteiger partial charge in [-0.05, 0) is 25.1 Å². The number of benzene rings is 1. The van der Waals surface area contributed by atoms with Crippen LogP contribution < -0.4 is 0 Å². The van der Waals surface area contributed by atoms with Gasteiger partial charge in [0.25, 0.3) is 0 Å². The molecule has 0 aliphatic rings. The number of nitrogens with zero attached hydrogens (tertiary/aromatic N) is 6. The molecular formula is C20H17ClF2N6O. The van der Waals surface area contributed by atoms with Crippen LogP contribution in [-0.2, 0) is 12.1 Å². The van der Waals surface area contributed by atoms with Crippen LogP contribution in [0.15, 0.2) is 61.6 Å². The van der Waals surface area contributed by atoms with E-state index in [0.29, 0.717) is 16.3 Å². The summed E-state index contributed by atoms with van der Waals surface area (Å²) in [6.07, 6.45) is 7.51. The van der Waals surface area contributed by atoms with E-state index in [4.69, 9.17) is 11.6 Å². The molecule has 0 radical (unpaired) electrons. The minimum atomic E-state index is -1.80. The predicted octanol–water partition coefficient (Wildman–Crippen LogP) is 3.62. The lowest BCUT2D eigenvalue weighted by atomic mass is 9.86.